The van der Waals surface area contributed by atoms with E-state index in [1.165, 1.54) is 12.1 Å². The average molecular weight is 390 g/mol. The Balaban J connectivity index is 1.56. The summed E-state index contributed by atoms with van der Waals surface area (Å²) in [5.41, 5.74) is 3.48. The van der Waals surface area contributed by atoms with Crippen LogP contribution in [0.5, 0.6) is 5.75 Å². The van der Waals surface area contributed by atoms with Crippen molar-refractivity contribution in [3.05, 3.63) is 89.2 Å². The van der Waals surface area contributed by atoms with Gasteiger partial charge in [0.25, 0.3) is 11.8 Å². The number of aryl methyl sites for hydroxylation is 1. The molecule has 0 bridgehead atoms. The summed E-state index contributed by atoms with van der Waals surface area (Å²) in [6.45, 7) is 2.09. The smallest absolute Gasteiger partial charge is 0.265 e. The van der Waals surface area contributed by atoms with Crippen molar-refractivity contribution in [1.29, 1.82) is 0 Å². The minimum absolute atomic E-state index is 0.0939. The van der Waals surface area contributed by atoms with E-state index in [2.05, 4.69) is 5.32 Å². The predicted octanol–water partition coefficient (Wildman–Crippen LogP) is 4.31. The normalized spacial score (nSPS) is 12.9. The number of nitrogens with zero attached hydrogens (tertiary/aromatic N) is 1. The van der Waals surface area contributed by atoms with Crippen molar-refractivity contribution in [1.82, 2.24) is 0 Å². The first-order valence-electron chi connectivity index (χ1n) is 9.20. The molecule has 0 atom stereocenters. The molecular weight excluding hydrogens is 371 g/mol. The van der Waals surface area contributed by atoms with E-state index in [1.54, 1.807) is 41.3 Å². The largest absolute Gasteiger partial charge is 0.481 e. The lowest BCUT2D eigenvalue weighted by Gasteiger charge is -2.30. The van der Waals surface area contributed by atoms with Gasteiger partial charge in [0.1, 0.15) is 11.6 Å². The molecule has 0 unspecified atom stereocenters. The van der Waals surface area contributed by atoms with Crippen LogP contribution in [-0.2, 0) is 11.3 Å². The molecule has 0 fully saturated rings. The van der Waals surface area contributed by atoms with Gasteiger partial charge in [0.15, 0.2) is 6.61 Å². The van der Waals surface area contributed by atoms with E-state index >= 15 is 0 Å². The first-order valence-corrected chi connectivity index (χ1v) is 9.20. The minimum atomic E-state index is -0.323. The van der Waals surface area contributed by atoms with Gasteiger partial charge >= 0.3 is 0 Å². The number of hydrogen-bond acceptors (Lipinski definition) is 3. The topological polar surface area (TPSA) is 58.6 Å². The van der Waals surface area contributed by atoms with Gasteiger partial charge < -0.3 is 15.0 Å². The van der Waals surface area contributed by atoms with Gasteiger partial charge in [0.2, 0.25) is 0 Å². The number of benzene rings is 3. The Bertz CT molecular complexity index is 1080. The molecule has 1 N–H and O–H groups in total. The maximum Gasteiger partial charge on any atom is 0.265 e. The average Bonchev–Trinajstić information content (AvgIpc) is 2.72. The maximum absolute atomic E-state index is 13.1. The number of hydrogen-bond donors (Lipinski definition) is 1. The lowest BCUT2D eigenvalue weighted by molar-refractivity contribution is -0.121. The molecule has 5 nitrogen and oxygen atoms in total. The summed E-state index contributed by atoms with van der Waals surface area (Å²) in [5, 5.41) is 2.87. The molecule has 0 saturated carbocycles. The highest BCUT2D eigenvalue weighted by atomic mass is 19.1. The van der Waals surface area contributed by atoms with E-state index in [-0.39, 0.29) is 24.2 Å². The van der Waals surface area contributed by atoms with Crippen molar-refractivity contribution in [2.24, 2.45) is 0 Å². The van der Waals surface area contributed by atoms with Crippen LogP contribution in [0.1, 0.15) is 21.5 Å². The van der Waals surface area contributed by atoms with Crippen molar-refractivity contribution >= 4 is 23.2 Å². The zero-order valence-electron chi connectivity index (χ0n) is 15.8. The number of halogens is 1. The Morgan fingerprint density at radius 1 is 1.10 bits per heavy atom. The van der Waals surface area contributed by atoms with Gasteiger partial charge in [-0.1, -0.05) is 30.3 Å². The molecule has 2 amide bonds. The molecule has 1 aliphatic heterocycles. The second-order valence-electron chi connectivity index (χ2n) is 6.85. The molecule has 1 aliphatic rings. The number of amides is 2. The molecule has 29 heavy (non-hydrogen) atoms. The van der Waals surface area contributed by atoms with Gasteiger partial charge in [-0.3, -0.25) is 9.59 Å². The Morgan fingerprint density at radius 3 is 2.62 bits per heavy atom. The van der Waals surface area contributed by atoms with Crippen LogP contribution in [0.15, 0.2) is 66.7 Å². The Kier molecular flexibility index (Phi) is 4.99. The second-order valence-corrected chi connectivity index (χ2v) is 6.85. The van der Waals surface area contributed by atoms with Crippen molar-refractivity contribution in [3.8, 4) is 5.75 Å². The zero-order valence-corrected chi connectivity index (χ0v) is 15.8. The van der Waals surface area contributed by atoms with Gasteiger partial charge in [0, 0.05) is 17.3 Å². The van der Waals surface area contributed by atoms with E-state index in [9.17, 15) is 14.0 Å². The second kappa shape index (κ2) is 7.75. The molecule has 0 spiro atoms. The van der Waals surface area contributed by atoms with Crippen molar-refractivity contribution in [2.75, 3.05) is 16.8 Å². The Hall–Kier alpha value is -3.67. The molecular formula is C23H19FN2O3. The summed E-state index contributed by atoms with van der Waals surface area (Å²) >= 11 is 0. The SMILES string of the molecule is Cc1ccccc1C(=O)Nc1ccc2c(c1)OCC(=O)N2Cc1ccc(F)cc1. The number of carbonyl (C=O) groups is 2. The molecule has 4 rings (SSSR count). The Morgan fingerprint density at radius 2 is 1.86 bits per heavy atom. The molecule has 0 radical (unpaired) electrons. The highest BCUT2D eigenvalue weighted by Gasteiger charge is 2.26. The number of fused-ring (bicyclic) bond motifs is 1. The monoisotopic (exact) mass is 390 g/mol. The molecule has 0 aliphatic carbocycles. The van der Waals surface area contributed by atoms with Gasteiger partial charge in [-0.2, -0.15) is 0 Å². The van der Waals surface area contributed by atoms with E-state index in [0.717, 1.165) is 11.1 Å². The lowest BCUT2D eigenvalue weighted by atomic mass is 10.1. The first-order chi connectivity index (χ1) is 14.0. The van der Waals surface area contributed by atoms with E-state index < -0.39 is 0 Å². The van der Waals surface area contributed by atoms with Gasteiger partial charge in [0.05, 0.1) is 12.2 Å². The van der Waals surface area contributed by atoms with Gasteiger partial charge in [-0.15, -0.1) is 0 Å². The van der Waals surface area contributed by atoms with E-state index in [0.29, 0.717) is 29.2 Å². The first kappa shape index (κ1) is 18.7. The summed E-state index contributed by atoms with van der Waals surface area (Å²) in [6.07, 6.45) is 0. The molecule has 1 heterocycles. The van der Waals surface area contributed by atoms with Crippen LogP contribution < -0.4 is 15.0 Å². The molecule has 3 aromatic rings. The number of ether oxygens (including phenoxy) is 1. The highest BCUT2D eigenvalue weighted by Crippen LogP contribution is 2.35. The van der Waals surface area contributed by atoms with E-state index in [1.807, 2.05) is 25.1 Å². The third kappa shape index (κ3) is 3.96. The van der Waals surface area contributed by atoms with Crippen LogP contribution in [0.2, 0.25) is 0 Å². The highest BCUT2D eigenvalue weighted by molar-refractivity contribution is 6.06. The van der Waals surface area contributed by atoms with Gasteiger partial charge in [-0.05, 0) is 48.4 Å². The lowest BCUT2D eigenvalue weighted by Crippen LogP contribution is -2.38. The van der Waals surface area contributed by atoms with E-state index in [4.69, 9.17) is 4.74 Å². The summed E-state index contributed by atoms with van der Waals surface area (Å²) < 4.78 is 18.7. The third-order valence-electron chi connectivity index (χ3n) is 4.80. The van der Waals surface area contributed by atoms with Crippen LogP contribution in [0.25, 0.3) is 0 Å². The minimum Gasteiger partial charge on any atom is -0.481 e. The molecule has 146 valence electrons. The number of anilines is 2. The standard InChI is InChI=1S/C23H19FN2O3/c1-15-4-2-3-5-19(15)23(28)25-18-10-11-20-21(12-18)29-14-22(27)26(20)13-16-6-8-17(24)9-7-16/h2-12H,13-14H2,1H3,(H,25,28). The fraction of sp³-hybridized carbons (Fsp3) is 0.130. The molecule has 0 saturated heterocycles. The number of nitrogens with one attached hydrogen (secondary N) is 1. The number of rotatable bonds is 4. The zero-order chi connectivity index (χ0) is 20.4. The predicted molar refractivity (Wildman–Crippen MR) is 109 cm³/mol. The van der Waals surface area contributed by atoms with Crippen LogP contribution in [0, 0.1) is 12.7 Å². The summed E-state index contributed by atoms with van der Waals surface area (Å²) in [6, 6.07) is 18.5. The summed E-state index contributed by atoms with van der Waals surface area (Å²) in [4.78, 5) is 26.5. The third-order valence-corrected chi connectivity index (χ3v) is 4.80. The molecule has 3 aromatic carbocycles. The van der Waals surface area contributed by atoms with Gasteiger partial charge in [-0.25, -0.2) is 4.39 Å². The number of carbonyl (C=O) groups excluding carboxylic acids is 2. The molecule has 6 heteroatoms. The Labute approximate surface area is 167 Å². The van der Waals surface area contributed by atoms with Crippen LogP contribution in [0.3, 0.4) is 0 Å². The van der Waals surface area contributed by atoms with Crippen molar-refractivity contribution in [2.45, 2.75) is 13.5 Å². The van der Waals surface area contributed by atoms with Crippen LogP contribution in [0.4, 0.5) is 15.8 Å². The fourth-order valence-corrected chi connectivity index (χ4v) is 3.25. The maximum atomic E-state index is 13.1. The summed E-state index contributed by atoms with van der Waals surface area (Å²) in [5.74, 6) is -0.206. The quantitative estimate of drug-likeness (QED) is 0.722. The van der Waals surface area contributed by atoms with Crippen molar-refractivity contribution < 1.29 is 18.7 Å². The van der Waals surface area contributed by atoms with Crippen LogP contribution >= 0.6 is 0 Å². The summed E-state index contributed by atoms with van der Waals surface area (Å²) in [7, 11) is 0. The van der Waals surface area contributed by atoms with Crippen LogP contribution in [-0.4, -0.2) is 18.4 Å². The fourth-order valence-electron chi connectivity index (χ4n) is 3.25. The molecule has 0 aromatic heterocycles. The van der Waals surface area contributed by atoms with Crippen molar-refractivity contribution in [3.63, 3.8) is 0 Å².